The molecule has 32 heavy (non-hydrogen) atoms. The van der Waals surface area contributed by atoms with Crippen molar-refractivity contribution in [2.75, 3.05) is 0 Å². The number of aliphatic imine (C=N–C) groups is 1. The average molecular weight is 505 g/mol. The van der Waals surface area contributed by atoms with Gasteiger partial charge in [0.1, 0.15) is 5.04 Å². The number of nitrogens with one attached hydrogen (secondary N) is 1. The van der Waals surface area contributed by atoms with Gasteiger partial charge in [-0.05, 0) is 79.7 Å². The number of carbonyl (C=O) groups excluding carboxylic acids is 1. The number of benzene rings is 1. The fourth-order valence-corrected chi connectivity index (χ4v) is 4.82. The van der Waals surface area contributed by atoms with Crippen molar-refractivity contribution >= 4 is 55.7 Å². The third kappa shape index (κ3) is 3.53. The predicted octanol–water partition coefficient (Wildman–Crippen LogP) is 4.92. The molecule has 1 aromatic carbocycles. The zero-order chi connectivity index (χ0) is 22.4. The molecule has 1 N–H and O–H groups in total. The summed E-state index contributed by atoms with van der Waals surface area (Å²) in [5, 5.41) is 15.6. The number of amides is 1. The fraction of sp³-hybridized carbons (Fsp3) is 0.0870. The van der Waals surface area contributed by atoms with E-state index >= 15 is 0 Å². The van der Waals surface area contributed by atoms with Gasteiger partial charge in [0.2, 0.25) is 5.17 Å². The number of nitrogens with zero attached hydrogens (tertiary/aromatic N) is 5. The first-order chi connectivity index (χ1) is 15.4. The summed E-state index contributed by atoms with van der Waals surface area (Å²) in [6, 6.07) is 13.8. The molecule has 0 radical (unpaired) electrons. The number of hydrazone groups is 1. The summed E-state index contributed by atoms with van der Waals surface area (Å²) in [6.45, 7) is 4.01. The molecule has 0 saturated heterocycles. The van der Waals surface area contributed by atoms with Crippen LogP contribution in [0.25, 0.3) is 11.8 Å². The molecule has 158 valence electrons. The monoisotopic (exact) mass is 504 g/mol. The lowest BCUT2D eigenvalue weighted by Gasteiger charge is -2.20. The molecular weight excluding hydrogens is 488 g/mol. The Morgan fingerprint density at radius 1 is 1.16 bits per heavy atom. The number of carbonyl (C=O) groups is 1. The second-order valence-electron chi connectivity index (χ2n) is 7.31. The smallest absolute Gasteiger partial charge is 0.283 e. The first kappa shape index (κ1) is 20.6. The van der Waals surface area contributed by atoms with E-state index in [4.69, 9.17) is 5.41 Å². The summed E-state index contributed by atoms with van der Waals surface area (Å²) in [7, 11) is 0. The van der Waals surface area contributed by atoms with Gasteiger partial charge < -0.3 is 4.57 Å². The highest BCUT2D eigenvalue weighted by Gasteiger charge is 2.36. The highest BCUT2D eigenvalue weighted by molar-refractivity contribution is 9.10. The topological polar surface area (TPSA) is 86.7 Å². The number of thioether (sulfide) groups is 1. The van der Waals surface area contributed by atoms with E-state index in [1.807, 2.05) is 56.3 Å². The van der Waals surface area contributed by atoms with Crippen molar-refractivity contribution in [1.29, 1.82) is 5.41 Å². The van der Waals surface area contributed by atoms with Crippen LogP contribution < -0.4 is 0 Å². The number of aromatic nitrogens is 2. The van der Waals surface area contributed by atoms with Gasteiger partial charge in [-0.25, -0.2) is 0 Å². The van der Waals surface area contributed by atoms with Gasteiger partial charge >= 0.3 is 0 Å². The molecular formula is C23H17BrN6OS. The molecule has 4 heterocycles. The van der Waals surface area contributed by atoms with Gasteiger partial charge in [-0.15, -0.1) is 0 Å². The summed E-state index contributed by atoms with van der Waals surface area (Å²) < 4.78 is 3.13. The maximum absolute atomic E-state index is 12.8. The Kier molecular flexibility index (Phi) is 5.15. The summed E-state index contributed by atoms with van der Waals surface area (Å²) >= 11 is 4.73. The van der Waals surface area contributed by atoms with Gasteiger partial charge in [0.05, 0.1) is 5.57 Å². The largest absolute Gasteiger partial charge is 0.318 e. The van der Waals surface area contributed by atoms with Gasteiger partial charge in [-0.3, -0.25) is 15.2 Å². The van der Waals surface area contributed by atoms with Gasteiger partial charge in [0.15, 0.2) is 5.84 Å². The Morgan fingerprint density at radius 2 is 1.94 bits per heavy atom. The number of aryl methyl sites for hydroxylation is 1. The van der Waals surface area contributed by atoms with E-state index in [0.29, 0.717) is 10.2 Å². The van der Waals surface area contributed by atoms with Gasteiger partial charge in [0.25, 0.3) is 5.91 Å². The maximum atomic E-state index is 12.8. The molecule has 9 heteroatoms. The Morgan fingerprint density at radius 3 is 2.66 bits per heavy atom. The molecule has 0 atom stereocenters. The van der Waals surface area contributed by atoms with Gasteiger partial charge in [0, 0.05) is 39.5 Å². The third-order valence-electron chi connectivity index (χ3n) is 5.22. The Balaban J connectivity index is 1.51. The normalized spacial score (nSPS) is 17.0. The molecule has 2 aromatic heterocycles. The van der Waals surface area contributed by atoms with Crippen LogP contribution in [-0.2, 0) is 4.79 Å². The molecule has 0 bridgehead atoms. The molecule has 0 spiro atoms. The Bertz CT molecular complexity index is 1360. The molecule has 3 aromatic rings. The number of fused-ring (bicyclic) bond motifs is 1. The van der Waals surface area contributed by atoms with E-state index in [2.05, 4.69) is 35.6 Å². The maximum Gasteiger partial charge on any atom is 0.283 e. The van der Waals surface area contributed by atoms with Crippen molar-refractivity contribution in [3.05, 3.63) is 87.4 Å². The van der Waals surface area contributed by atoms with Gasteiger partial charge in [-0.1, -0.05) is 15.9 Å². The van der Waals surface area contributed by atoms with Crippen molar-refractivity contribution < 1.29 is 4.79 Å². The van der Waals surface area contributed by atoms with Crippen LogP contribution in [0.1, 0.15) is 22.5 Å². The van der Waals surface area contributed by atoms with Crippen LogP contribution in [0.3, 0.4) is 0 Å². The minimum Gasteiger partial charge on any atom is -0.318 e. The van der Waals surface area contributed by atoms with E-state index in [9.17, 15) is 4.79 Å². The molecule has 0 saturated carbocycles. The SMILES string of the molecule is Cc1cc(C=C2C(=N)N3N=C(c4cccnc4)SC3=NC2=O)c(C)n1-c1ccc(Br)cc1. The number of hydrogen-bond acceptors (Lipinski definition) is 5. The van der Waals surface area contributed by atoms with Crippen molar-refractivity contribution in [3.63, 3.8) is 0 Å². The number of hydrogen-bond donors (Lipinski definition) is 1. The van der Waals surface area contributed by atoms with E-state index < -0.39 is 5.91 Å². The van der Waals surface area contributed by atoms with Crippen LogP contribution in [0.4, 0.5) is 0 Å². The standard InChI is InChI=1S/C23H17BrN6OS/c1-13-10-16(14(2)29(13)18-7-5-17(24)6-8-18)11-19-20(25)30-23(27-21(19)31)32-22(28-30)15-4-3-9-26-12-15/h3-12,25H,1-2H3. The zero-order valence-corrected chi connectivity index (χ0v) is 19.6. The predicted molar refractivity (Wildman–Crippen MR) is 131 cm³/mol. The highest BCUT2D eigenvalue weighted by Crippen LogP contribution is 2.31. The highest BCUT2D eigenvalue weighted by atomic mass is 79.9. The second-order valence-corrected chi connectivity index (χ2v) is 9.18. The van der Waals surface area contributed by atoms with Crippen molar-refractivity contribution in [2.45, 2.75) is 13.8 Å². The summed E-state index contributed by atoms with van der Waals surface area (Å²) in [4.78, 5) is 21.1. The van der Waals surface area contributed by atoms with E-state index in [1.165, 1.54) is 16.8 Å². The Hall–Kier alpha value is -3.30. The van der Waals surface area contributed by atoms with Crippen LogP contribution in [0.5, 0.6) is 0 Å². The van der Waals surface area contributed by atoms with E-state index in [0.717, 1.165) is 32.7 Å². The fourth-order valence-electron chi connectivity index (χ4n) is 3.67. The van der Waals surface area contributed by atoms with E-state index in [-0.39, 0.29) is 11.4 Å². The number of pyridine rings is 1. The van der Waals surface area contributed by atoms with Crippen molar-refractivity contribution in [1.82, 2.24) is 14.6 Å². The first-order valence-electron chi connectivity index (χ1n) is 9.78. The minimum atomic E-state index is -0.440. The molecule has 0 fully saturated rings. The lowest BCUT2D eigenvalue weighted by atomic mass is 10.1. The molecule has 5 rings (SSSR count). The summed E-state index contributed by atoms with van der Waals surface area (Å²) in [5.74, 6) is -0.426. The average Bonchev–Trinajstić information content (AvgIpc) is 3.33. The quantitative estimate of drug-likeness (QED) is 0.512. The molecule has 2 aliphatic rings. The van der Waals surface area contributed by atoms with Crippen LogP contribution in [0.15, 0.2) is 75.0 Å². The van der Waals surface area contributed by atoms with Crippen LogP contribution in [0.2, 0.25) is 0 Å². The lowest BCUT2D eigenvalue weighted by Crippen LogP contribution is -2.35. The first-order valence-corrected chi connectivity index (χ1v) is 11.4. The number of rotatable bonds is 3. The molecule has 0 aliphatic carbocycles. The van der Waals surface area contributed by atoms with Crippen LogP contribution in [0, 0.1) is 19.3 Å². The Labute approximate surface area is 197 Å². The van der Waals surface area contributed by atoms with Gasteiger partial charge in [-0.2, -0.15) is 15.1 Å². The van der Waals surface area contributed by atoms with Crippen molar-refractivity contribution in [2.24, 2.45) is 10.1 Å². The molecule has 0 unspecified atom stereocenters. The molecule has 7 nitrogen and oxygen atoms in total. The minimum absolute atomic E-state index is 0.0137. The molecule has 2 aliphatic heterocycles. The van der Waals surface area contributed by atoms with E-state index in [1.54, 1.807) is 18.5 Å². The lowest BCUT2D eigenvalue weighted by molar-refractivity contribution is -0.114. The second kappa shape index (κ2) is 7.99. The third-order valence-corrected chi connectivity index (χ3v) is 6.70. The molecule has 1 amide bonds. The summed E-state index contributed by atoms with van der Waals surface area (Å²) in [5.41, 5.74) is 4.92. The van der Waals surface area contributed by atoms with Crippen molar-refractivity contribution in [3.8, 4) is 5.69 Å². The number of halogens is 1. The van der Waals surface area contributed by atoms with Crippen LogP contribution in [-0.4, -0.2) is 36.5 Å². The number of amidine groups is 2. The van der Waals surface area contributed by atoms with Crippen LogP contribution >= 0.6 is 27.7 Å². The summed E-state index contributed by atoms with van der Waals surface area (Å²) in [6.07, 6.45) is 5.11. The zero-order valence-electron chi connectivity index (χ0n) is 17.2.